The van der Waals surface area contributed by atoms with Crippen molar-refractivity contribution in [1.29, 1.82) is 0 Å². The molecule has 0 saturated heterocycles. The Labute approximate surface area is 135 Å². The Morgan fingerprint density at radius 3 is 1.82 bits per heavy atom. The van der Waals surface area contributed by atoms with Gasteiger partial charge in [-0.1, -0.05) is 45.0 Å². The van der Waals surface area contributed by atoms with E-state index in [4.69, 9.17) is 0 Å². The topological polar surface area (TPSA) is 51.2 Å². The summed E-state index contributed by atoms with van der Waals surface area (Å²) in [6.07, 6.45) is 0.142. The van der Waals surface area contributed by atoms with Crippen LogP contribution in [0.2, 0.25) is 0 Å². The molecule has 4 heteroatoms. The molecule has 0 bridgehead atoms. The van der Waals surface area contributed by atoms with Gasteiger partial charge in [0.25, 0.3) is 0 Å². The van der Waals surface area contributed by atoms with Crippen LogP contribution in [0.15, 0.2) is 24.3 Å². The summed E-state index contributed by atoms with van der Waals surface area (Å²) in [6, 6.07) is 7.84. The van der Waals surface area contributed by atoms with Crippen molar-refractivity contribution in [2.45, 2.75) is 70.3 Å². The van der Waals surface area contributed by atoms with Gasteiger partial charge in [-0.3, -0.25) is 4.79 Å². The van der Waals surface area contributed by atoms with E-state index in [1.807, 2.05) is 24.3 Å². The predicted molar refractivity (Wildman–Crippen MR) is 92.0 cm³/mol. The first kappa shape index (κ1) is 18.9. The molecule has 0 atom stereocenters. The van der Waals surface area contributed by atoms with E-state index in [0.29, 0.717) is 0 Å². The van der Waals surface area contributed by atoms with Crippen LogP contribution in [-0.2, 0) is 26.5 Å². The summed E-state index contributed by atoms with van der Waals surface area (Å²) in [5.74, 6) is -0.260. The third-order valence-electron chi connectivity index (χ3n) is 4.19. The number of rotatable bonds is 5. The van der Waals surface area contributed by atoms with Gasteiger partial charge in [0.05, 0.1) is 5.25 Å². The molecule has 0 aromatic heterocycles. The van der Waals surface area contributed by atoms with Crippen LogP contribution in [0, 0.1) is 0 Å². The average molecular weight is 324 g/mol. The van der Waals surface area contributed by atoms with E-state index in [2.05, 4.69) is 20.8 Å². The molecule has 0 amide bonds. The van der Waals surface area contributed by atoms with E-state index in [0.717, 1.165) is 5.56 Å². The smallest absolute Gasteiger partial charge is 0.164 e. The monoisotopic (exact) mass is 324 g/mol. The Bertz CT molecular complexity index is 630. The van der Waals surface area contributed by atoms with Crippen LogP contribution < -0.4 is 0 Å². The maximum absolute atomic E-state index is 12.5. The van der Waals surface area contributed by atoms with Crippen molar-refractivity contribution in [1.82, 2.24) is 0 Å². The molecular formula is C18H28O3S. The number of hydrogen-bond acceptors (Lipinski definition) is 3. The minimum atomic E-state index is -3.48. The molecule has 0 aliphatic heterocycles. The highest BCUT2D eigenvalue weighted by Gasteiger charge is 2.42. The summed E-state index contributed by atoms with van der Waals surface area (Å²) in [5.41, 5.74) is 2.10. The molecule has 1 aromatic carbocycles. The van der Waals surface area contributed by atoms with Crippen LogP contribution >= 0.6 is 0 Å². The summed E-state index contributed by atoms with van der Waals surface area (Å²) in [7, 11) is -3.48. The minimum absolute atomic E-state index is 0.0583. The Morgan fingerprint density at radius 1 is 1.00 bits per heavy atom. The number of hydrogen-bond donors (Lipinski definition) is 0. The van der Waals surface area contributed by atoms with Crippen LogP contribution in [0.5, 0.6) is 0 Å². The molecule has 0 aliphatic rings. The summed E-state index contributed by atoms with van der Waals surface area (Å²) in [6.45, 7) is 12.6. The van der Waals surface area contributed by atoms with Crippen molar-refractivity contribution in [3.8, 4) is 0 Å². The Balaban J connectivity index is 2.98. The zero-order valence-corrected chi connectivity index (χ0v) is 15.5. The van der Waals surface area contributed by atoms with Crippen molar-refractivity contribution >= 4 is 15.6 Å². The highest BCUT2D eigenvalue weighted by molar-refractivity contribution is 7.94. The number of Topliss-reactive ketones (excluding diaryl/α,β-unsaturated/α-hetero) is 1. The van der Waals surface area contributed by atoms with Gasteiger partial charge < -0.3 is 0 Å². The fraction of sp³-hybridized carbons (Fsp3) is 0.611. The lowest BCUT2D eigenvalue weighted by molar-refractivity contribution is -0.120. The molecule has 0 heterocycles. The van der Waals surface area contributed by atoms with Crippen LogP contribution in [0.3, 0.4) is 0 Å². The van der Waals surface area contributed by atoms with Crippen LogP contribution in [-0.4, -0.2) is 24.2 Å². The van der Waals surface area contributed by atoms with Crippen LogP contribution in [0.25, 0.3) is 0 Å². The molecule has 0 spiro atoms. The number of carbonyl (C=O) groups excluding carboxylic acids is 1. The van der Waals surface area contributed by atoms with Gasteiger partial charge in [-0.25, -0.2) is 8.42 Å². The van der Waals surface area contributed by atoms with E-state index in [-0.39, 0.29) is 17.6 Å². The van der Waals surface area contributed by atoms with Gasteiger partial charge in [0.15, 0.2) is 15.6 Å². The van der Waals surface area contributed by atoms with Crippen molar-refractivity contribution < 1.29 is 13.2 Å². The van der Waals surface area contributed by atoms with E-state index in [1.54, 1.807) is 13.8 Å². The third kappa shape index (κ3) is 3.78. The Hall–Kier alpha value is -1.16. The van der Waals surface area contributed by atoms with Crippen molar-refractivity contribution in [2.75, 3.05) is 0 Å². The SMILES string of the molecule is CC(C)S(=O)(=O)C(C)(C)C(=O)Cc1ccc(C(C)(C)C)cc1. The van der Waals surface area contributed by atoms with E-state index < -0.39 is 19.8 Å². The number of ketones is 1. The van der Waals surface area contributed by atoms with Crippen molar-refractivity contribution in [3.05, 3.63) is 35.4 Å². The molecule has 0 saturated carbocycles. The second-order valence-electron chi connectivity index (χ2n) is 7.65. The summed E-state index contributed by atoms with van der Waals surface area (Å²) < 4.78 is 23.3. The zero-order valence-electron chi connectivity index (χ0n) is 14.7. The zero-order chi connectivity index (χ0) is 17.3. The molecule has 0 radical (unpaired) electrons. The van der Waals surface area contributed by atoms with E-state index in [9.17, 15) is 13.2 Å². The minimum Gasteiger partial charge on any atom is -0.298 e. The van der Waals surface area contributed by atoms with Gasteiger partial charge >= 0.3 is 0 Å². The van der Waals surface area contributed by atoms with Gasteiger partial charge in [-0.05, 0) is 44.2 Å². The van der Waals surface area contributed by atoms with Gasteiger partial charge in [-0.2, -0.15) is 0 Å². The first-order valence-electron chi connectivity index (χ1n) is 7.66. The number of sulfone groups is 1. The lowest BCUT2D eigenvalue weighted by Gasteiger charge is -2.26. The molecular weight excluding hydrogens is 296 g/mol. The maximum atomic E-state index is 12.5. The number of carbonyl (C=O) groups is 1. The molecule has 124 valence electrons. The molecule has 0 unspecified atom stereocenters. The first-order valence-corrected chi connectivity index (χ1v) is 9.21. The molecule has 0 N–H and O–H groups in total. The average Bonchev–Trinajstić information content (AvgIpc) is 2.37. The molecule has 1 rings (SSSR count). The van der Waals surface area contributed by atoms with Crippen molar-refractivity contribution in [3.63, 3.8) is 0 Å². The Kier molecular flexibility index (Phi) is 5.28. The predicted octanol–water partition coefficient (Wildman–Crippen LogP) is 3.70. The lowest BCUT2D eigenvalue weighted by Crippen LogP contribution is -2.45. The molecule has 22 heavy (non-hydrogen) atoms. The molecule has 0 aliphatic carbocycles. The quantitative estimate of drug-likeness (QED) is 0.830. The fourth-order valence-corrected chi connectivity index (χ4v) is 3.84. The standard InChI is InChI=1S/C18H28O3S/c1-13(2)22(20,21)18(6,7)16(19)12-14-8-10-15(11-9-14)17(3,4)5/h8-11,13H,12H2,1-7H3. The molecule has 3 nitrogen and oxygen atoms in total. The van der Waals surface area contributed by atoms with Gasteiger partial charge in [0, 0.05) is 6.42 Å². The lowest BCUT2D eigenvalue weighted by atomic mass is 9.86. The van der Waals surface area contributed by atoms with E-state index >= 15 is 0 Å². The highest BCUT2D eigenvalue weighted by Crippen LogP contribution is 2.26. The number of benzene rings is 1. The highest BCUT2D eigenvalue weighted by atomic mass is 32.2. The molecule has 0 fully saturated rings. The summed E-state index contributed by atoms with van der Waals surface area (Å²) in [5, 5.41) is -0.560. The largest absolute Gasteiger partial charge is 0.298 e. The summed E-state index contributed by atoms with van der Waals surface area (Å²) in [4.78, 5) is 12.5. The second kappa shape index (κ2) is 6.15. The van der Waals surface area contributed by atoms with Gasteiger partial charge in [-0.15, -0.1) is 0 Å². The fourth-order valence-electron chi connectivity index (χ4n) is 2.27. The van der Waals surface area contributed by atoms with Gasteiger partial charge in [0.2, 0.25) is 0 Å². The van der Waals surface area contributed by atoms with Crippen LogP contribution in [0.4, 0.5) is 0 Å². The third-order valence-corrected chi connectivity index (χ3v) is 7.08. The Morgan fingerprint density at radius 2 is 1.45 bits per heavy atom. The summed E-state index contributed by atoms with van der Waals surface area (Å²) >= 11 is 0. The first-order chi connectivity index (χ1) is 9.80. The van der Waals surface area contributed by atoms with Crippen molar-refractivity contribution in [2.24, 2.45) is 0 Å². The normalized spacial score (nSPS) is 13.5. The van der Waals surface area contributed by atoms with Crippen LogP contribution in [0.1, 0.15) is 59.6 Å². The molecule has 1 aromatic rings. The van der Waals surface area contributed by atoms with Gasteiger partial charge in [0.1, 0.15) is 4.75 Å². The van der Waals surface area contributed by atoms with E-state index in [1.165, 1.54) is 19.4 Å². The maximum Gasteiger partial charge on any atom is 0.164 e. The second-order valence-corrected chi connectivity index (χ2v) is 10.7.